The van der Waals surface area contributed by atoms with E-state index in [1.165, 1.54) is 0 Å². The molecule has 4 aliphatic carbocycles. The average molecular weight is 439 g/mol. The van der Waals surface area contributed by atoms with Crippen LogP contribution in [0.3, 0.4) is 0 Å². The van der Waals surface area contributed by atoms with Crippen molar-refractivity contribution in [1.29, 1.82) is 0 Å². The quantitative estimate of drug-likeness (QED) is 0.360. The first-order valence-corrected chi connectivity index (χ1v) is 13.1. The van der Waals surface area contributed by atoms with Crippen LogP contribution in [-0.2, 0) is 28.6 Å². The number of hydrogen-bond acceptors (Lipinski definition) is 6. The molecule has 0 N–H and O–H groups in total. The molecule has 3 unspecified atom stereocenters. The fourth-order valence-electron chi connectivity index (χ4n) is 7.49. The predicted molar refractivity (Wildman–Crippen MR) is 112 cm³/mol. The number of rotatable bonds is 6. The van der Waals surface area contributed by atoms with Gasteiger partial charge in [0, 0.05) is 17.9 Å². The standard InChI is InChI=1S/C23H34O6S/c1-5-6-8-22-13-28-11-14(2)19(22)17(12-29-30(4,26)27)21(25)23-9-7-16(10-18(22)23)15(3)20(23)24/h14,16-19H,3,5-13H2,1-2,4H3/t14?,16-,17-,18?,19?,22+,23-/m0/s1. The van der Waals surface area contributed by atoms with E-state index >= 15 is 0 Å². The number of unbranched alkanes of at least 4 members (excludes halogenated alkanes) is 1. The summed E-state index contributed by atoms with van der Waals surface area (Å²) in [6.45, 7) is 9.18. The van der Waals surface area contributed by atoms with Gasteiger partial charge in [0.1, 0.15) is 0 Å². The Balaban J connectivity index is 1.86. The summed E-state index contributed by atoms with van der Waals surface area (Å²) in [5, 5.41) is 0. The summed E-state index contributed by atoms with van der Waals surface area (Å²) in [5.41, 5.74) is -0.799. The van der Waals surface area contributed by atoms with Gasteiger partial charge in [-0.25, -0.2) is 0 Å². The van der Waals surface area contributed by atoms with Gasteiger partial charge in [0.25, 0.3) is 10.1 Å². The van der Waals surface area contributed by atoms with Crippen LogP contribution in [0, 0.1) is 40.4 Å². The first kappa shape index (κ1) is 22.2. The van der Waals surface area contributed by atoms with Gasteiger partial charge in [-0.2, -0.15) is 8.42 Å². The van der Waals surface area contributed by atoms with Crippen LogP contribution in [-0.4, -0.2) is 46.1 Å². The summed E-state index contributed by atoms with van der Waals surface area (Å²) in [4.78, 5) is 27.6. The number of carbonyl (C=O) groups is 2. The van der Waals surface area contributed by atoms with Crippen LogP contribution in [0.1, 0.15) is 52.4 Å². The summed E-state index contributed by atoms with van der Waals surface area (Å²) in [7, 11) is -3.70. The molecule has 5 fully saturated rings. The summed E-state index contributed by atoms with van der Waals surface area (Å²) >= 11 is 0. The second kappa shape index (κ2) is 7.52. The molecule has 5 rings (SSSR count). The van der Waals surface area contributed by atoms with Crippen molar-refractivity contribution in [1.82, 2.24) is 0 Å². The smallest absolute Gasteiger partial charge is 0.264 e. The molecule has 1 aliphatic heterocycles. The SMILES string of the molecule is C=C1C(=O)[C@]23CC[C@H]1CC2[C@@]1(CCCC)COCC(C)C1[C@H](COS(C)(=O)=O)C3=O. The van der Waals surface area contributed by atoms with Crippen LogP contribution in [0.15, 0.2) is 12.2 Å². The van der Waals surface area contributed by atoms with Crippen LogP contribution < -0.4 is 0 Å². The predicted octanol–water partition coefficient (Wildman–Crippen LogP) is 3.16. The van der Waals surface area contributed by atoms with Crippen LogP contribution in [0.4, 0.5) is 0 Å². The van der Waals surface area contributed by atoms with Crippen molar-refractivity contribution >= 4 is 21.7 Å². The van der Waals surface area contributed by atoms with Crippen LogP contribution in [0.25, 0.3) is 0 Å². The van der Waals surface area contributed by atoms with E-state index in [2.05, 4.69) is 20.4 Å². The molecule has 0 amide bonds. The third-order valence-corrected chi connectivity index (χ3v) is 9.15. The summed E-state index contributed by atoms with van der Waals surface area (Å²) in [5.74, 6) is -0.659. The molecular weight excluding hydrogens is 404 g/mol. The molecule has 30 heavy (non-hydrogen) atoms. The zero-order valence-corrected chi connectivity index (χ0v) is 19.1. The third-order valence-electron chi connectivity index (χ3n) is 8.58. The highest BCUT2D eigenvalue weighted by atomic mass is 32.2. The second-order valence-electron chi connectivity index (χ2n) is 10.2. The molecule has 0 aromatic rings. The lowest BCUT2D eigenvalue weighted by molar-refractivity contribution is -0.217. The lowest BCUT2D eigenvalue weighted by atomic mass is 9.36. The van der Waals surface area contributed by atoms with Gasteiger partial charge in [0.05, 0.1) is 24.9 Å². The zero-order chi connectivity index (χ0) is 21.9. The van der Waals surface area contributed by atoms with Crippen LogP contribution in [0.2, 0.25) is 0 Å². The van der Waals surface area contributed by atoms with Gasteiger partial charge in [-0.1, -0.05) is 33.3 Å². The minimum atomic E-state index is -3.70. The molecule has 7 heteroatoms. The highest BCUT2D eigenvalue weighted by Gasteiger charge is 2.72. The van der Waals surface area contributed by atoms with Crippen molar-refractivity contribution in [3.8, 4) is 0 Å². The van der Waals surface area contributed by atoms with E-state index in [9.17, 15) is 18.0 Å². The summed E-state index contributed by atoms with van der Waals surface area (Å²) in [6.07, 6.45) is 6.07. The Morgan fingerprint density at radius 3 is 2.70 bits per heavy atom. The fraction of sp³-hybridized carbons (Fsp3) is 0.826. The topological polar surface area (TPSA) is 86.7 Å². The van der Waals surface area contributed by atoms with E-state index < -0.39 is 21.5 Å². The van der Waals surface area contributed by atoms with Crippen LogP contribution in [0.5, 0.6) is 0 Å². The third kappa shape index (κ3) is 3.06. The van der Waals surface area contributed by atoms with Gasteiger partial charge in [-0.15, -0.1) is 0 Å². The Morgan fingerprint density at radius 1 is 1.30 bits per heavy atom. The van der Waals surface area contributed by atoms with Gasteiger partial charge < -0.3 is 4.74 Å². The molecule has 0 aromatic carbocycles. The fourth-order valence-corrected chi connectivity index (χ4v) is 7.89. The van der Waals surface area contributed by atoms with Gasteiger partial charge in [-0.3, -0.25) is 13.8 Å². The Labute approximate surface area is 179 Å². The summed E-state index contributed by atoms with van der Waals surface area (Å²) in [6, 6.07) is 0. The number of ether oxygens (including phenoxy) is 1. The Bertz CT molecular complexity index is 863. The summed E-state index contributed by atoms with van der Waals surface area (Å²) < 4.78 is 34.9. The van der Waals surface area contributed by atoms with E-state index in [0.29, 0.717) is 25.2 Å². The van der Waals surface area contributed by atoms with E-state index in [-0.39, 0.29) is 47.3 Å². The van der Waals surface area contributed by atoms with Gasteiger partial charge >= 0.3 is 0 Å². The van der Waals surface area contributed by atoms with Crippen molar-refractivity contribution in [2.45, 2.75) is 52.4 Å². The largest absolute Gasteiger partial charge is 0.381 e. The first-order valence-electron chi connectivity index (χ1n) is 11.3. The maximum absolute atomic E-state index is 14.0. The number of allylic oxidation sites excluding steroid dienone is 1. The minimum Gasteiger partial charge on any atom is -0.381 e. The molecule has 1 heterocycles. The van der Waals surface area contributed by atoms with E-state index in [1.807, 2.05) is 0 Å². The lowest BCUT2D eigenvalue weighted by Gasteiger charge is -2.66. The number of ketones is 2. The molecule has 6 nitrogen and oxygen atoms in total. The number of hydrogen-bond donors (Lipinski definition) is 0. The maximum Gasteiger partial charge on any atom is 0.264 e. The van der Waals surface area contributed by atoms with Crippen LogP contribution >= 0.6 is 0 Å². The maximum atomic E-state index is 14.0. The van der Waals surface area contributed by atoms with Crippen molar-refractivity contribution < 1.29 is 26.9 Å². The second-order valence-corrected chi connectivity index (χ2v) is 11.8. The number of Topliss-reactive ketones (excluding diaryl/α,β-unsaturated/α-hetero) is 2. The molecule has 0 radical (unpaired) electrons. The molecule has 1 spiro atoms. The molecule has 7 atom stereocenters. The van der Waals surface area contributed by atoms with Gasteiger partial charge in [-0.05, 0) is 54.9 Å². The normalized spacial score (nSPS) is 43.4. The molecule has 168 valence electrons. The Morgan fingerprint density at radius 2 is 2.03 bits per heavy atom. The van der Waals surface area contributed by atoms with E-state index in [1.54, 1.807) is 0 Å². The monoisotopic (exact) mass is 438 g/mol. The molecular formula is C23H34O6S. The Hall–Kier alpha value is -1.05. The average Bonchev–Trinajstić information content (AvgIpc) is 2.70. The first-order chi connectivity index (χ1) is 14.1. The molecule has 0 aromatic heterocycles. The van der Waals surface area contributed by atoms with Gasteiger partial charge in [0.2, 0.25) is 0 Å². The molecule has 2 bridgehead atoms. The highest BCUT2D eigenvalue weighted by molar-refractivity contribution is 7.85. The van der Waals surface area contributed by atoms with E-state index in [0.717, 1.165) is 38.4 Å². The number of carbonyl (C=O) groups excluding carboxylic acids is 2. The van der Waals surface area contributed by atoms with Crippen molar-refractivity contribution in [2.24, 2.45) is 40.4 Å². The van der Waals surface area contributed by atoms with Crippen molar-refractivity contribution in [2.75, 3.05) is 26.1 Å². The Kier molecular flexibility index (Phi) is 5.55. The molecule has 5 aliphatic rings. The van der Waals surface area contributed by atoms with Crippen molar-refractivity contribution in [3.63, 3.8) is 0 Å². The molecule has 4 saturated carbocycles. The minimum absolute atomic E-state index is 0.0388. The number of fused-ring (bicyclic) bond motifs is 3. The van der Waals surface area contributed by atoms with E-state index in [4.69, 9.17) is 8.92 Å². The van der Waals surface area contributed by atoms with Gasteiger partial charge in [0.15, 0.2) is 11.6 Å². The van der Waals surface area contributed by atoms with Crippen molar-refractivity contribution in [3.05, 3.63) is 12.2 Å². The molecule has 1 saturated heterocycles. The lowest BCUT2D eigenvalue weighted by Crippen LogP contribution is -2.71. The highest BCUT2D eigenvalue weighted by Crippen LogP contribution is 2.68. The zero-order valence-electron chi connectivity index (χ0n) is 18.3.